The minimum absolute atomic E-state index is 0.0748. The summed E-state index contributed by atoms with van der Waals surface area (Å²) in [5.74, 6) is -4.82. The number of carbonyl (C=O) groups excluding carboxylic acids is 2. The van der Waals surface area contributed by atoms with Crippen molar-refractivity contribution < 1.29 is 29.0 Å². The lowest BCUT2D eigenvalue weighted by atomic mass is 9.51. The second kappa shape index (κ2) is 10.4. The fraction of sp³-hybridized carbons (Fsp3) is 0.303. The van der Waals surface area contributed by atoms with Crippen LogP contribution in [0.1, 0.15) is 54.5 Å². The van der Waals surface area contributed by atoms with Crippen LogP contribution >= 0.6 is 0 Å². The minimum Gasteiger partial charge on any atom is -0.481 e. The van der Waals surface area contributed by atoms with Crippen molar-refractivity contribution in [3.05, 3.63) is 113 Å². The van der Waals surface area contributed by atoms with Gasteiger partial charge in [-0.2, -0.15) is 0 Å². The molecule has 40 heavy (non-hydrogen) atoms. The number of nitrogens with one attached hydrogen (secondary N) is 1. The van der Waals surface area contributed by atoms with Gasteiger partial charge < -0.3 is 19.9 Å². The number of anilines is 1. The smallest absolute Gasteiger partial charge is 0.330 e. The summed E-state index contributed by atoms with van der Waals surface area (Å²) in [4.78, 5) is 39.0. The average Bonchev–Trinajstić information content (AvgIpc) is 2.94. The van der Waals surface area contributed by atoms with Gasteiger partial charge in [0.05, 0.1) is 12.5 Å². The second-order valence-electron chi connectivity index (χ2n) is 11.3. The van der Waals surface area contributed by atoms with Crippen LogP contribution in [0.25, 0.3) is 0 Å². The summed E-state index contributed by atoms with van der Waals surface area (Å²) in [5.41, 5.74) is 3.06. The van der Waals surface area contributed by atoms with Crippen molar-refractivity contribution in [3.63, 3.8) is 0 Å². The van der Waals surface area contributed by atoms with Crippen LogP contribution in [-0.2, 0) is 34.9 Å². The fourth-order valence-corrected chi connectivity index (χ4v) is 6.23. The highest BCUT2D eigenvalue weighted by Crippen LogP contribution is 2.62. The molecule has 3 aliphatic rings. The van der Waals surface area contributed by atoms with E-state index in [9.17, 15) is 19.5 Å². The second-order valence-corrected chi connectivity index (χ2v) is 11.3. The van der Waals surface area contributed by atoms with Crippen molar-refractivity contribution >= 4 is 23.5 Å². The van der Waals surface area contributed by atoms with Gasteiger partial charge in [0.2, 0.25) is 5.91 Å². The van der Waals surface area contributed by atoms with Crippen LogP contribution in [0.15, 0.2) is 85.5 Å². The number of hydrogen-bond donors (Lipinski definition) is 2. The van der Waals surface area contributed by atoms with E-state index in [2.05, 4.69) is 32.7 Å². The molecule has 206 valence electrons. The van der Waals surface area contributed by atoms with Gasteiger partial charge >= 0.3 is 11.9 Å². The molecule has 2 bridgehead atoms. The minimum atomic E-state index is -1.49. The topological polar surface area (TPSA) is 102 Å². The Kier molecular flexibility index (Phi) is 7.10. The molecule has 4 unspecified atom stereocenters. The molecule has 3 aliphatic carbocycles. The molecule has 3 aromatic carbocycles. The van der Waals surface area contributed by atoms with E-state index in [1.807, 2.05) is 60.7 Å². The summed E-state index contributed by atoms with van der Waals surface area (Å²) in [6, 6.07) is 22.7. The number of aliphatic carboxylic acids is 1. The van der Waals surface area contributed by atoms with Crippen molar-refractivity contribution in [3.8, 4) is 0 Å². The number of carboxylic acid groups (broad SMARTS) is 1. The standard InChI is InChI=1S/C33H33NO6/c1-5-26(35)39-17-18-40-33-24-14-10-9-13-22(24)27(23-16-15-20(19-25(23)33)32(2,3)4)28(29(33)31(37)38)30(36)34-21-11-7-6-8-12-21/h5-16,19,27-29H,1,17-18H2,2-4H3,(H,34,36)(H,37,38). The van der Waals surface area contributed by atoms with Gasteiger partial charge in [0.25, 0.3) is 0 Å². The van der Waals surface area contributed by atoms with Gasteiger partial charge in [0, 0.05) is 17.7 Å². The molecule has 0 spiro atoms. The maximum atomic E-state index is 14.0. The van der Waals surface area contributed by atoms with E-state index in [-0.39, 0.29) is 18.6 Å². The maximum absolute atomic E-state index is 14.0. The third-order valence-electron chi connectivity index (χ3n) is 7.94. The number of hydrogen-bond acceptors (Lipinski definition) is 5. The Morgan fingerprint density at radius 2 is 1.62 bits per heavy atom. The molecule has 1 amide bonds. The Morgan fingerprint density at radius 1 is 0.950 bits per heavy atom. The van der Waals surface area contributed by atoms with Crippen molar-refractivity contribution in [2.45, 2.75) is 37.7 Å². The zero-order valence-corrected chi connectivity index (χ0v) is 22.8. The predicted molar refractivity (Wildman–Crippen MR) is 151 cm³/mol. The molecule has 7 heteroatoms. The predicted octanol–water partition coefficient (Wildman–Crippen LogP) is 5.39. The maximum Gasteiger partial charge on any atom is 0.330 e. The van der Waals surface area contributed by atoms with Gasteiger partial charge in [0.15, 0.2) is 0 Å². The molecule has 0 aliphatic heterocycles. The largest absolute Gasteiger partial charge is 0.481 e. The Balaban J connectivity index is 1.72. The first-order valence-corrected chi connectivity index (χ1v) is 13.4. The van der Waals surface area contributed by atoms with E-state index in [1.165, 1.54) is 0 Å². The molecule has 2 N–H and O–H groups in total. The molecular formula is C33H33NO6. The first-order chi connectivity index (χ1) is 19.1. The highest BCUT2D eigenvalue weighted by molar-refractivity contribution is 5.98. The van der Waals surface area contributed by atoms with Gasteiger partial charge in [-0.1, -0.05) is 88.0 Å². The van der Waals surface area contributed by atoms with E-state index in [0.29, 0.717) is 11.3 Å². The number of carboxylic acids is 1. The van der Waals surface area contributed by atoms with Crippen LogP contribution in [0.5, 0.6) is 0 Å². The zero-order valence-electron chi connectivity index (χ0n) is 22.8. The van der Waals surface area contributed by atoms with Crippen molar-refractivity contribution in [2.24, 2.45) is 11.8 Å². The third kappa shape index (κ3) is 4.50. The van der Waals surface area contributed by atoms with Crippen LogP contribution in [-0.4, -0.2) is 36.2 Å². The first kappa shape index (κ1) is 27.3. The Bertz CT molecular complexity index is 1470. The van der Waals surface area contributed by atoms with Gasteiger partial charge in [-0.25, -0.2) is 4.79 Å². The number of esters is 1. The van der Waals surface area contributed by atoms with Gasteiger partial charge in [-0.05, 0) is 45.4 Å². The summed E-state index contributed by atoms with van der Waals surface area (Å²) < 4.78 is 11.8. The monoisotopic (exact) mass is 539 g/mol. The number of rotatable bonds is 8. The molecule has 6 rings (SSSR count). The zero-order chi connectivity index (χ0) is 28.7. The summed E-state index contributed by atoms with van der Waals surface area (Å²) in [6.07, 6.45) is 1.06. The number of amides is 1. The summed E-state index contributed by atoms with van der Waals surface area (Å²) in [6.45, 7) is 9.53. The number of carbonyl (C=O) groups is 3. The normalized spacial score (nSPS) is 22.5. The number of fused-ring (bicyclic) bond motifs is 1. The van der Waals surface area contributed by atoms with Crippen LogP contribution < -0.4 is 5.32 Å². The van der Waals surface area contributed by atoms with Gasteiger partial charge in [0.1, 0.15) is 18.1 Å². The van der Waals surface area contributed by atoms with Crippen LogP contribution in [0.4, 0.5) is 5.69 Å². The lowest BCUT2D eigenvalue weighted by Crippen LogP contribution is -2.59. The summed E-state index contributed by atoms with van der Waals surface area (Å²) >= 11 is 0. The SMILES string of the molecule is C=CC(=O)OCCOC12c3ccccc3C(c3ccc(C(C)(C)C)cc31)C(C(=O)Nc1ccccc1)C2C(=O)O. The van der Waals surface area contributed by atoms with E-state index in [0.717, 1.165) is 28.3 Å². The Hall–Kier alpha value is -4.23. The molecule has 0 saturated heterocycles. The van der Waals surface area contributed by atoms with Crippen molar-refractivity contribution in [2.75, 3.05) is 18.5 Å². The highest BCUT2D eigenvalue weighted by atomic mass is 16.6. The van der Waals surface area contributed by atoms with E-state index >= 15 is 0 Å². The fourth-order valence-electron chi connectivity index (χ4n) is 6.23. The molecule has 0 fully saturated rings. The van der Waals surface area contributed by atoms with E-state index in [1.54, 1.807) is 12.1 Å². The molecule has 0 saturated carbocycles. The van der Waals surface area contributed by atoms with Crippen molar-refractivity contribution in [1.29, 1.82) is 0 Å². The van der Waals surface area contributed by atoms with E-state index in [4.69, 9.17) is 9.47 Å². The van der Waals surface area contributed by atoms with Crippen LogP contribution in [0.3, 0.4) is 0 Å². The van der Waals surface area contributed by atoms with Gasteiger partial charge in [-0.3, -0.25) is 9.59 Å². The molecule has 4 atom stereocenters. The Labute approximate surface area is 233 Å². The summed E-state index contributed by atoms with van der Waals surface area (Å²) in [5, 5.41) is 13.8. The molecule has 0 radical (unpaired) electrons. The van der Waals surface area contributed by atoms with Crippen molar-refractivity contribution in [1.82, 2.24) is 0 Å². The quantitative estimate of drug-likeness (QED) is 0.226. The molecular weight excluding hydrogens is 506 g/mol. The average molecular weight is 540 g/mol. The lowest BCUT2D eigenvalue weighted by Gasteiger charge is -2.55. The highest BCUT2D eigenvalue weighted by Gasteiger charge is 2.64. The van der Waals surface area contributed by atoms with Crippen LogP contribution in [0, 0.1) is 11.8 Å². The third-order valence-corrected chi connectivity index (χ3v) is 7.94. The van der Waals surface area contributed by atoms with E-state index < -0.39 is 41.2 Å². The molecule has 7 nitrogen and oxygen atoms in total. The Morgan fingerprint density at radius 3 is 2.30 bits per heavy atom. The summed E-state index contributed by atoms with van der Waals surface area (Å²) in [7, 11) is 0. The number of benzene rings is 3. The number of para-hydroxylation sites is 1. The molecule has 3 aromatic rings. The lowest BCUT2D eigenvalue weighted by molar-refractivity contribution is -0.171. The van der Waals surface area contributed by atoms with Gasteiger partial charge in [-0.15, -0.1) is 0 Å². The first-order valence-electron chi connectivity index (χ1n) is 13.4. The number of ether oxygens (including phenoxy) is 2. The molecule has 0 aromatic heterocycles. The molecule has 0 heterocycles. The van der Waals surface area contributed by atoms with Crippen LogP contribution in [0.2, 0.25) is 0 Å².